The van der Waals surface area contributed by atoms with E-state index in [0.717, 1.165) is 6.07 Å². The molecular formula is C10H11F2N3. The molecule has 0 radical (unpaired) electrons. The van der Waals surface area contributed by atoms with E-state index in [1.54, 1.807) is 6.92 Å². The summed E-state index contributed by atoms with van der Waals surface area (Å²) in [6.45, 7) is 1.79. The van der Waals surface area contributed by atoms with Crippen molar-refractivity contribution < 1.29 is 8.78 Å². The SMILES string of the molecule is C[C@H](N)CC#Cc1cc(F)c(F)nc1N. The first-order valence-electron chi connectivity index (χ1n) is 4.36. The van der Waals surface area contributed by atoms with Crippen LogP contribution in [-0.4, -0.2) is 11.0 Å². The number of rotatable bonds is 1. The molecule has 1 aromatic heterocycles. The second-order valence-electron chi connectivity index (χ2n) is 3.18. The van der Waals surface area contributed by atoms with Gasteiger partial charge in [0.15, 0.2) is 5.82 Å². The summed E-state index contributed by atoms with van der Waals surface area (Å²) in [6, 6.07) is 0.850. The summed E-state index contributed by atoms with van der Waals surface area (Å²) < 4.78 is 25.3. The molecule has 0 amide bonds. The van der Waals surface area contributed by atoms with Gasteiger partial charge in [-0.05, 0) is 13.0 Å². The molecule has 15 heavy (non-hydrogen) atoms. The molecule has 0 saturated carbocycles. The molecule has 0 spiro atoms. The molecule has 0 bridgehead atoms. The molecule has 0 unspecified atom stereocenters. The highest BCUT2D eigenvalue weighted by atomic mass is 19.2. The Bertz CT molecular complexity index is 419. The van der Waals surface area contributed by atoms with Crippen LogP contribution >= 0.6 is 0 Å². The van der Waals surface area contributed by atoms with E-state index in [9.17, 15) is 8.78 Å². The monoisotopic (exact) mass is 211 g/mol. The zero-order valence-corrected chi connectivity index (χ0v) is 8.22. The summed E-state index contributed by atoms with van der Waals surface area (Å²) >= 11 is 0. The van der Waals surface area contributed by atoms with Crippen LogP contribution in [0.2, 0.25) is 0 Å². The maximum Gasteiger partial charge on any atom is 0.250 e. The first-order valence-corrected chi connectivity index (χ1v) is 4.36. The average Bonchev–Trinajstić information content (AvgIpc) is 2.13. The molecule has 1 rings (SSSR count). The topological polar surface area (TPSA) is 64.9 Å². The minimum absolute atomic E-state index is 0.0722. The minimum atomic E-state index is -1.22. The highest BCUT2D eigenvalue weighted by Gasteiger charge is 2.07. The van der Waals surface area contributed by atoms with Gasteiger partial charge >= 0.3 is 0 Å². The van der Waals surface area contributed by atoms with E-state index in [0.29, 0.717) is 6.42 Å². The van der Waals surface area contributed by atoms with Gasteiger partial charge in [-0.3, -0.25) is 0 Å². The second-order valence-corrected chi connectivity index (χ2v) is 3.18. The molecule has 4 N–H and O–H groups in total. The van der Waals surface area contributed by atoms with Crippen LogP contribution in [0, 0.1) is 23.6 Å². The Morgan fingerprint density at radius 2 is 2.20 bits per heavy atom. The maximum atomic E-state index is 12.8. The lowest BCUT2D eigenvalue weighted by molar-refractivity contribution is 0.480. The number of nitrogens with two attached hydrogens (primary N) is 2. The molecule has 0 fully saturated rings. The van der Waals surface area contributed by atoms with Gasteiger partial charge in [-0.15, -0.1) is 0 Å². The zero-order chi connectivity index (χ0) is 11.4. The molecule has 1 heterocycles. The van der Waals surface area contributed by atoms with Gasteiger partial charge in [0.1, 0.15) is 5.82 Å². The fourth-order valence-electron chi connectivity index (χ4n) is 0.887. The van der Waals surface area contributed by atoms with Gasteiger partial charge in [0.2, 0.25) is 0 Å². The highest BCUT2D eigenvalue weighted by Crippen LogP contribution is 2.11. The molecule has 1 atom stereocenters. The predicted octanol–water partition coefficient (Wildman–Crippen LogP) is 1.03. The third-order valence-electron chi connectivity index (χ3n) is 1.61. The van der Waals surface area contributed by atoms with Crippen molar-refractivity contribution >= 4 is 5.82 Å². The van der Waals surface area contributed by atoms with E-state index in [2.05, 4.69) is 16.8 Å². The largest absolute Gasteiger partial charge is 0.383 e. The van der Waals surface area contributed by atoms with Crippen molar-refractivity contribution in [1.82, 2.24) is 4.98 Å². The summed E-state index contributed by atoms with van der Waals surface area (Å²) in [7, 11) is 0. The fourth-order valence-corrected chi connectivity index (χ4v) is 0.887. The van der Waals surface area contributed by atoms with E-state index < -0.39 is 11.8 Å². The van der Waals surface area contributed by atoms with E-state index in [4.69, 9.17) is 11.5 Å². The molecule has 5 heteroatoms. The van der Waals surface area contributed by atoms with Crippen molar-refractivity contribution in [3.63, 3.8) is 0 Å². The Balaban J connectivity index is 2.94. The van der Waals surface area contributed by atoms with Gasteiger partial charge in [-0.25, -0.2) is 4.39 Å². The molecule has 0 saturated heterocycles. The van der Waals surface area contributed by atoms with Crippen molar-refractivity contribution in [2.75, 3.05) is 5.73 Å². The van der Waals surface area contributed by atoms with Crippen molar-refractivity contribution in [3.8, 4) is 11.8 Å². The Labute approximate surface area is 86.5 Å². The average molecular weight is 211 g/mol. The fraction of sp³-hybridized carbons (Fsp3) is 0.300. The van der Waals surface area contributed by atoms with Gasteiger partial charge in [0.25, 0.3) is 5.95 Å². The van der Waals surface area contributed by atoms with Crippen LogP contribution in [0.4, 0.5) is 14.6 Å². The molecular weight excluding hydrogens is 200 g/mol. The lowest BCUT2D eigenvalue weighted by Crippen LogP contribution is -2.12. The van der Waals surface area contributed by atoms with Crippen LogP contribution in [0.1, 0.15) is 18.9 Å². The third kappa shape index (κ3) is 3.18. The third-order valence-corrected chi connectivity index (χ3v) is 1.61. The first-order chi connectivity index (χ1) is 7.00. The van der Waals surface area contributed by atoms with Crippen LogP contribution in [0.25, 0.3) is 0 Å². The Hall–Kier alpha value is -1.67. The Morgan fingerprint density at radius 3 is 2.80 bits per heavy atom. The second kappa shape index (κ2) is 4.71. The summed E-state index contributed by atoms with van der Waals surface area (Å²) in [4.78, 5) is 3.17. The Kier molecular flexibility index (Phi) is 3.58. The van der Waals surface area contributed by atoms with Gasteiger partial charge in [-0.1, -0.05) is 11.8 Å². The lowest BCUT2D eigenvalue weighted by Gasteiger charge is -1.98. The number of nitrogens with zero attached hydrogens (tertiary/aromatic N) is 1. The normalized spacial score (nSPS) is 11.7. The molecule has 80 valence electrons. The quantitative estimate of drug-likeness (QED) is 0.538. The van der Waals surface area contributed by atoms with Crippen molar-refractivity contribution in [1.29, 1.82) is 0 Å². The van der Waals surface area contributed by atoms with Crippen molar-refractivity contribution in [2.45, 2.75) is 19.4 Å². The van der Waals surface area contributed by atoms with Crippen LogP contribution in [0.15, 0.2) is 6.07 Å². The molecule has 0 aromatic carbocycles. The van der Waals surface area contributed by atoms with Crippen LogP contribution in [0.3, 0.4) is 0 Å². The number of hydrogen-bond acceptors (Lipinski definition) is 3. The minimum Gasteiger partial charge on any atom is -0.383 e. The highest BCUT2D eigenvalue weighted by molar-refractivity contribution is 5.50. The molecule has 0 aliphatic carbocycles. The van der Waals surface area contributed by atoms with Gasteiger partial charge in [-0.2, -0.15) is 9.37 Å². The number of halogens is 2. The number of nitrogen functional groups attached to an aromatic ring is 1. The summed E-state index contributed by atoms with van der Waals surface area (Å²) in [5.74, 6) is 2.90. The number of anilines is 1. The summed E-state index contributed by atoms with van der Waals surface area (Å²) in [6.07, 6.45) is 0.457. The Morgan fingerprint density at radius 1 is 1.53 bits per heavy atom. The zero-order valence-electron chi connectivity index (χ0n) is 8.22. The predicted molar refractivity (Wildman–Crippen MR) is 53.7 cm³/mol. The molecule has 3 nitrogen and oxygen atoms in total. The molecule has 1 aromatic rings. The van der Waals surface area contributed by atoms with Crippen molar-refractivity contribution in [3.05, 3.63) is 23.4 Å². The van der Waals surface area contributed by atoms with E-state index in [1.807, 2.05) is 0 Å². The standard InChI is InChI=1S/C10H11F2N3/c1-6(13)3-2-4-7-5-8(11)9(12)15-10(7)14/h5-6H,3,13H2,1H3,(H2,14,15)/t6-/m0/s1. The van der Waals surface area contributed by atoms with Crippen LogP contribution in [0.5, 0.6) is 0 Å². The maximum absolute atomic E-state index is 12.8. The van der Waals surface area contributed by atoms with Gasteiger partial charge < -0.3 is 11.5 Å². The van der Waals surface area contributed by atoms with Gasteiger partial charge in [0, 0.05) is 12.5 Å². The van der Waals surface area contributed by atoms with Crippen molar-refractivity contribution in [2.24, 2.45) is 5.73 Å². The first kappa shape index (κ1) is 11.4. The smallest absolute Gasteiger partial charge is 0.250 e. The van der Waals surface area contributed by atoms with Crippen LogP contribution in [-0.2, 0) is 0 Å². The van der Waals surface area contributed by atoms with Crippen LogP contribution < -0.4 is 11.5 Å². The number of hydrogen-bond donors (Lipinski definition) is 2. The number of aromatic nitrogens is 1. The van der Waals surface area contributed by atoms with Gasteiger partial charge in [0.05, 0.1) is 5.56 Å². The summed E-state index contributed by atoms with van der Waals surface area (Å²) in [5, 5.41) is 0. The van der Waals surface area contributed by atoms with E-state index in [1.165, 1.54) is 0 Å². The molecule has 0 aliphatic heterocycles. The number of pyridine rings is 1. The summed E-state index contributed by atoms with van der Waals surface area (Å²) in [5.41, 5.74) is 11.0. The van der Waals surface area contributed by atoms with E-state index in [-0.39, 0.29) is 17.4 Å². The van der Waals surface area contributed by atoms with E-state index >= 15 is 0 Å². The lowest BCUT2D eigenvalue weighted by atomic mass is 10.2. The molecule has 0 aliphatic rings.